The number of hydrogen-bond acceptors (Lipinski definition) is 4. The summed E-state index contributed by atoms with van der Waals surface area (Å²) in [6, 6.07) is 18.1. The van der Waals surface area contributed by atoms with Gasteiger partial charge in [-0.25, -0.2) is 4.79 Å². The monoisotopic (exact) mass is 523 g/mol. The fraction of sp³-hybridized carbons (Fsp3) is 0.286. The van der Waals surface area contributed by atoms with E-state index in [1.54, 1.807) is 16.7 Å². The number of carbonyl (C=O) groups excluding carboxylic acids is 1. The Morgan fingerprint density at radius 1 is 0.947 bits per heavy atom. The van der Waals surface area contributed by atoms with Crippen molar-refractivity contribution in [3.63, 3.8) is 0 Å². The first-order chi connectivity index (χ1) is 18.1. The van der Waals surface area contributed by atoms with E-state index in [9.17, 15) is 27.6 Å². The molecule has 0 spiro atoms. The molecule has 0 radical (unpaired) electrons. The molecule has 0 unspecified atom stereocenters. The topological polar surface area (TPSA) is 70.1 Å². The average molecular weight is 523 g/mol. The number of fused-ring (bicyclic) bond motifs is 3. The van der Waals surface area contributed by atoms with E-state index in [2.05, 4.69) is 12.1 Å². The highest BCUT2D eigenvalue weighted by atomic mass is 19.4. The fourth-order valence-corrected chi connectivity index (χ4v) is 5.46. The fourth-order valence-electron chi connectivity index (χ4n) is 5.46. The summed E-state index contributed by atoms with van der Waals surface area (Å²) in [6.07, 6.45) is -0.944. The minimum atomic E-state index is -5.29. The molecule has 38 heavy (non-hydrogen) atoms. The van der Waals surface area contributed by atoms with Crippen molar-refractivity contribution in [3.8, 4) is 11.1 Å². The zero-order valence-electron chi connectivity index (χ0n) is 20.9. The lowest BCUT2D eigenvalue weighted by Crippen LogP contribution is -2.49. The van der Waals surface area contributed by atoms with Gasteiger partial charge < -0.3 is 32.6 Å². The minimum absolute atomic E-state index is 0.0603. The maximum atomic E-state index is 13.6. The number of carboxylic acids is 1. The number of aliphatic carboxylic acids is 1. The molecule has 5 rings (SSSR count). The van der Waals surface area contributed by atoms with Crippen LogP contribution in [0.2, 0.25) is 0 Å². The van der Waals surface area contributed by atoms with Gasteiger partial charge in [0.15, 0.2) is 0 Å². The minimum Gasteiger partial charge on any atom is -0.481 e. The van der Waals surface area contributed by atoms with Crippen LogP contribution in [0.3, 0.4) is 0 Å². The number of ether oxygens (including phenoxy) is 1. The number of hydrogen-bond donors (Lipinski definition) is 1. The van der Waals surface area contributed by atoms with Crippen molar-refractivity contribution in [2.24, 2.45) is 0 Å². The summed E-state index contributed by atoms with van der Waals surface area (Å²) in [5, 5.41) is 9.17. The average Bonchev–Trinajstić information content (AvgIpc) is 3.21. The number of piperazine rings is 1. The summed E-state index contributed by atoms with van der Waals surface area (Å²) in [5.74, 6) is -1.25. The Morgan fingerprint density at radius 2 is 1.53 bits per heavy atom. The number of amides is 1. The standard InChI is InChI=1S/C28H27BF3N2O4/c1-18-19(15-27(35)36)14-20(29(30,31)32)16-26(18)33-10-12-34(13-11-33)28(37)38-17-25-23-8-4-2-6-21(23)22-7-3-5-9-24(22)25/h2-9,14,16,25H,10-13,15,17H2,1H3,(H,35,36)/q-1. The van der Waals surface area contributed by atoms with E-state index in [0.717, 1.165) is 34.4 Å². The van der Waals surface area contributed by atoms with Crippen LogP contribution in [0.5, 0.6) is 0 Å². The van der Waals surface area contributed by atoms with Crippen molar-refractivity contribution < 1.29 is 32.4 Å². The predicted octanol–water partition coefficient (Wildman–Crippen LogP) is 4.75. The van der Waals surface area contributed by atoms with Crippen molar-refractivity contribution in [1.29, 1.82) is 0 Å². The SMILES string of the molecule is Cc1c(CC(=O)O)cc([B-](F)(F)F)cc1N1CCN(C(=O)OCC2c3ccccc3-c3ccccc32)CC1. The number of nitrogens with zero attached hydrogens (tertiary/aromatic N) is 2. The summed E-state index contributed by atoms with van der Waals surface area (Å²) in [7, 11) is 0. The quantitative estimate of drug-likeness (QED) is 0.473. The van der Waals surface area contributed by atoms with E-state index < -0.39 is 30.9 Å². The van der Waals surface area contributed by atoms with Crippen LogP contribution in [0.1, 0.15) is 28.2 Å². The largest absolute Gasteiger partial charge is 0.509 e. The zero-order chi connectivity index (χ0) is 27.0. The molecule has 0 bridgehead atoms. The van der Waals surface area contributed by atoms with E-state index in [1.807, 2.05) is 36.4 Å². The lowest BCUT2D eigenvalue weighted by Gasteiger charge is -2.37. The number of carbonyl (C=O) groups is 2. The highest BCUT2D eigenvalue weighted by Crippen LogP contribution is 2.44. The molecule has 1 aliphatic carbocycles. The van der Waals surface area contributed by atoms with Crippen LogP contribution in [0, 0.1) is 6.92 Å². The highest BCUT2D eigenvalue weighted by Gasteiger charge is 2.32. The number of anilines is 1. The summed E-state index contributed by atoms with van der Waals surface area (Å²) >= 11 is 0. The smallest absolute Gasteiger partial charge is 0.481 e. The molecule has 0 aromatic heterocycles. The van der Waals surface area contributed by atoms with Gasteiger partial charge in [0.1, 0.15) is 6.61 Å². The molecular formula is C28H27BF3N2O4-. The Morgan fingerprint density at radius 3 is 2.08 bits per heavy atom. The van der Waals surface area contributed by atoms with E-state index >= 15 is 0 Å². The van der Waals surface area contributed by atoms with Crippen LogP contribution < -0.4 is 10.4 Å². The molecule has 1 heterocycles. The third kappa shape index (κ3) is 4.95. The number of benzene rings is 3. The second-order valence-electron chi connectivity index (χ2n) is 9.75. The maximum Gasteiger partial charge on any atom is 0.509 e. The van der Waals surface area contributed by atoms with Gasteiger partial charge >= 0.3 is 19.0 Å². The molecule has 3 aromatic rings. The number of halogens is 3. The van der Waals surface area contributed by atoms with Crippen LogP contribution in [-0.4, -0.2) is 61.8 Å². The molecule has 1 saturated heterocycles. The van der Waals surface area contributed by atoms with E-state index in [1.165, 1.54) is 0 Å². The van der Waals surface area contributed by atoms with Crippen molar-refractivity contribution in [2.45, 2.75) is 19.3 Å². The third-order valence-corrected chi connectivity index (χ3v) is 7.44. The van der Waals surface area contributed by atoms with Gasteiger partial charge in [0.25, 0.3) is 0 Å². The normalized spacial score (nSPS) is 15.3. The highest BCUT2D eigenvalue weighted by molar-refractivity contribution is 6.73. The molecule has 1 N–H and O–H groups in total. The zero-order valence-corrected chi connectivity index (χ0v) is 20.9. The van der Waals surface area contributed by atoms with E-state index in [0.29, 0.717) is 24.3 Å². The molecule has 198 valence electrons. The number of rotatable bonds is 6. The lowest BCUT2D eigenvalue weighted by molar-refractivity contribution is -0.136. The Bertz CT molecular complexity index is 1340. The summed E-state index contributed by atoms with van der Waals surface area (Å²) in [5.41, 5.74) is 4.69. The predicted molar refractivity (Wildman–Crippen MR) is 140 cm³/mol. The molecule has 3 aromatic carbocycles. The molecule has 6 nitrogen and oxygen atoms in total. The van der Waals surface area contributed by atoms with Crippen molar-refractivity contribution in [3.05, 3.63) is 82.9 Å². The molecule has 2 aliphatic rings. The van der Waals surface area contributed by atoms with Gasteiger partial charge in [-0.15, -0.1) is 5.46 Å². The molecule has 0 saturated carbocycles. The summed E-state index contributed by atoms with van der Waals surface area (Å²) in [6.45, 7) is -2.27. The first-order valence-electron chi connectivity index (χ1n) is 12.5. The van der Waals surface area contributed by atoms with Crippen LogP contribution in [0.25, 0.3) is 11.1 Å². The van der Waals surface area contributed by atoms with Gasteiger partial charge in [-0.3, -0.25) is 4.79 Å². The molecule has 1 aliphatic heterocycles. The molecule has 1 fully saturated rings. The van der Waals surface area contributed by atoms with Crippen LogP contribution >= 0.6 is 0 Å². The third-order valence-electron chi connectivity index (χ3n) is 7.44. The molecular weight excluding hydrogens is 496 g/mol. The number of carboxylic acid groups (broad SMARTS) is 1. The van der Waals surface area contributed by atoms with E-state index in [-0.39, 0.29) is 31.2 Å². The Hall–Kier alpha value is -3.95. The van der Waals surface area contributed by atoms with Gasteiger partial charge in [-0.05, 0) is 40.3 Å². The van der Waals surface area contributed by atoms with E-state index in [4.69, 9.17) is 4.74 Å². The summed E-state index contributed by atoms with van der Waals surface area (Å²) < 4.78 is 46.5. The van der Waals surface area contributed by atoms with Crippen LogP contribution in [-0.2, 0) is 16.0 Å². The lowest BCUT2D eigenvalue weighted by atomic mass is 9.77. The molecule has 10 heteroatoms. The first kappa shape index (κ1) is 25.7. The van der Waals surface area contributed by atoms with Gasteiger partial charge in [-0.2, -0.15) is 0 Å². The van der Waals surface area contributed by atoms with Gasteiger partial charge in [0.05, 0.1) is 6.42 Å². The Balaban J connectivity index is 1.26. The Kier molecular flexibility index (Phi) is 6.81. The molecule has 0 atom stereocenters. The first-order valence-corrected chi connectivity index (χ1v) is 12.5. The second kappa shape index (κ2) is 10.1. The maximum absolute atomic E-state index is 13.6. The summed E-state index contributed by atoms with van der Waals surface area (Å²) in [4.78, 5) is 27.5. The van der Waals surface area contributed by atoms with Crippen LogP contribution in [0.4, 0.5) is 23.4 Å². The molecule has 1 amide bonds. The van der Waals surface area contributed by atoms with Crippen molar-refractivity contribution >= 4 is 30.2 Å². The van der Waals surface area contributed by atoms with Gasteiger partial charge in [0, 0.05) is 37.8 Å². The second-order valence-corrected chi connectivity index (χ2v) is 9.75. The Labute approximate surface area is 218 Å². The van der Waals surface area contributed by atoms with Crippen molar-refractivity contribution in [2.75, 3.05) is 37.7 Å². The van der Waals surface area contributed by atoms with Crippen molar-refractivity contribution in [1.82, 2.24) is 4.90 Å². The van der Waals surface area contributed by atoms with Crippen LogP contribution in [0.15, 0.2) is 60.7 Å². The van der Waals surface area contributed by atoms with Gasteiger partial charge in [-0.1, -0.05) is 60.7 Å². The van der Waals surface area contributed by atoms with Gasteiger partial charge in [0.2, 0.25) is 0 Å².